The van der Waals surface area contributed by atoms with Gasteiger partial charge in [0.25, 0.3) is 0 Å². The van der Waals surface area contributed by atoms with E-state index in [9.17, 15) is 13.2 Å². The predicted molar refractivity (Wildman–Crippen MR) is 77.3 cm³/mol. The highest BCUT2D eigenvalue weighted by Crippen LogP contribution is 2.30. The Hall–Kier alpha value is -0.980. The summed E-state index contributed by atoms with van der Waals surface area (Å²) in [6, 6.07) is 4.10. The van der Waals surface area contributed by atoms with Gasteiger partial charge in [-0.3, -0.25) is 4.90 Å². The van der Waals surface area contributed by atoms with Crippen LogP contribution in [0.1, 0.15) is 18.9 Å². The molecule has 1 atom stereocenters. The Balaban J connectivity index is 0.00000220. The predicted octanol–water partition coefficient (Wildman–Crippen LogP) is 3.02. The molecule has 0 aliphatic carbocycles. The number of likely N-dealkylation sites (tertiary alicyclic amines) is 1. The quantitative estimate of drug-likeness (QED) is 0.905. The van der Waals surface area contributed by atoms with Crippen LogP contribution in [0.25, 0.3) is 0 Å². The van der Waals surface area contributed by atoms with Crippen molar-refractivity contribution in [1.29, 1.82) is 0 Å². The molecule has 1 aromatic carbocycles. The van der Waals surface area contributed by atoms with Gasteiger partial charge in [-0.15, -0.1) is 12.4 Å². The van der Waals surface area contributed by atoms with Crippen molar-refractivity contribution in [2.75, 3.05) is 19.6 Å². The van der Waals surface area contributed by atoms with E-state index >= 15 is 0 Å². The van der Waals surface area contributed by atoms with Crippen LogP contribution in [0.15, 0.2) is 18.2 Å². The standard InChI is InChI=1S/C14H19F3N2O.ClH/c1-14(8-18)4-5-19(9-14)7-10-2-3-12(11(15)6-10)20-13(16)17;/h2-3,6,13H,4-5,7-9,18H2,1H3;1H. The molecule has 0 spiro atoms. The maximum absolute atomic E-state index is 13.6. The number of alkyl halides is 2. The molecule has 3 nitrogen and oxygen atoms in total. The summed E-state index contributed by atoms with van der Waals surface area (Å²) in [5, 5.41) is 0. The molecule has 120 valence electrons. The van der Waals surface area contributed by atoms with Gasteiger partial charge in [-0.25, -0.2) is 4.39 Å². The topological polar surface area (TPSA) is 38.5 Å². The first-order chi connectivity index (χ1) is 9.42. The average molecular weight is 325 g/mol. The molecule has 1 unspecified atom stereocenters. The Bertz CT molecular complexity index is 476. The molecule has 0 aromatic heterocycles. The average Bonchev–Trinajstić information content (AvgIpc) is 2.75. The fraction of sp³-hybridized carbons (Fsp3) is 0.571. The van der Waals surface area contributed by atoms with Crippen LogP contribution in [0.4, 0.5) is 13.2 Å². The highest BCUT2D eigenvalue weighted by Gasteiger charge is 2.32. The van der Waals surface area contributed by atoms with Gasteiger partial charge >= 0.3 is 6.61 Å². The van der Waals surface area contributed by atoms with Crippen LogP contribution >= 0.6 is 12.4 Å². The van der Waals surface area contributed by atoms with E-state index in [0.29, 0.717) is 13.1 Å². The summed E-state index contributed by atoms with van der Waals surface area (Å²) in [6.07, 6.45) is 1.01. The number of nitrogens with zero attached hydrogens (tertiary/aromatic N) is 1. The number of halogens is 4. The number of hydrogen-bond donors (Lipinski definition) is 1. The molecule has 1 aliphatic rings. The highest BCUT2D eigenvalue weighted by molar-refractivity contribution is 5.85. The molecule has 7 heteroatoms. The maximum Gasteiger partial charge on any atom is 0.387 e. The SMILES string of the molecule is CC1(CN)CCN(Cc2ccc(OC(F)F)c(F)c2)C1.Cl. The minimum Gasteiger partial charge on any atom is -0.432 e. The third kappa shape index (κ3) is 4.76. The number of nitrogens with two attached hydrogens (primary N) is 1. The lowest BCUT2D eigenvalue weighted by molar-refractivity contribution is -0.0522. The van der Waals surface area contributed by atoms with E-state index in [1.165, 1.54) is 12.1 Å². The van der Waals surface area contributed by atoms with Crippen LogP contribution in [0.5, 0.6) is 5.75 Å². The summed E-state index contributed by atoms with van der Waals surface area (Å²) < 4.78 is 41.8. The van der Waals surface area contributed by atoms with Crippen molar-refractivity contribution in [3.63, 3.8) is 0 Å². The molecule has 2 rings (SSSR count). The van der Waals surface area contributed by atoms with Crippen LogP contribution in [0, 0.1) is 11.2 Å². The van der Waals surface area contributed by atoms with Crippen LogP contribution < -0.4 is 10.5 Å². The monoisotopic (exact) mass is 324 g/mol. The molecular formula is C14H20ClF3N2O. The number of ether oxygens (including phenoxy) is 1. The molecule has 21 heavy (non-hydrogen) atoms. The highest BCUT2D eigenvalue weighted by atomic mass is 35.5. The van der Waals surface area contributed by atoms with Gasteiger partial charge in [0.2, 0.25) is 0 Å². The summed E-state index contributed by atoms with van der Waals surface area (Å²) >= 11 is 0. The van der Waals surface area contributed by atoms with Crippen molar-refractivity contribution in [2.24, 2.45) is 11.1 Å². The number of rotatable bonds is 5. The molecule has 1 heterocycles. The minimum atomic E-state index is -3.01. The Morgan fingerprint density at radius 2 is 2.14 bits per heavy atom. The molecule has 1 aromatic rings. The molecule has 1 fully saturated rings. The van der Waals surface area contributed by atoms with Crippen LogP contribution in [0.2, 0.25) is 0 Å². The van der Waals surface area contributed by atoms with E-state index < -0.39 is 18.2 Å². The van der Waals surface area contributed by atoms with Gasteiger partial charge in [-0.2, -0.15) is 8.78 Å². The largest absolute Gasteiger partial charge is 0.432 e. The zero-order valence-electron chi connectivity index (χ0n) is 11.8. The van der Waals surface area contributed by atoms with E-state index in [-0.39, 0.29) is 17.8 Å². The summed E-state index contributed by atoms with van der Waals surface area (Å²) in [6.45, 7) is 2.10. The summed E-state index contributed by atoms with van der Waals surface area (Å²) in [5.41, 5.74) is 6.59. The first-order valence-corrected chi connectivity index (χ1v) is 6.57. The summed E-state index contributed by atoms with van der Waals surface area (Å²) in [7, 11) is 0. The molecule has 0 saturated carbocycles. The van der Waals surface area contributed by atoms with Crippen LogP contribution in [-0.2, 0) is 6.54 Å². The van der Waals surface area contributed by atoms with Crippen molar-refractivity contribution in [3.05, 3.63) is 29.6 Å². The van der Waals surface area contributed by atoms with Crippen LogP contribution in [-0.4, -0.2) is 31.1 Å². The second kappa shape index (κ2) is 7.33. The maximum atomic E-state index is 13.6. The third-order valence-corrected chi connectivity index (χ3v) is 3.75. The summed E-state index contributed by atoms with van der Waals surface area (Å²) in [5.74, 6) is -1.18. The molecular weight excluding hydrogens is 305 g/mol. The van der Waals surface area contributed by atoms with Crippen molar-refractivity contribution < 1.29 is 17.9 Å². The van der Waals surface area contributed by atoms with Gasteiger partial charge in [-0.1, -0.05) is 13.0 Å². The zero-order chi connectivity index (χ0) is 14.8. The first kappa shape index (κ1) is 18.1. The van der Waals surface area contributed by atoms with Gasteiger partial charge in [0.1, 0.15) is 0 Å². The van der Waals surface area contributed by atoms with Gasteiger partial charge in [0, 0.05) is 13.1 Å². The zero-order valence-corrected chi connectivity index (χ0v) is 12.6. The minimum absolute atomic E-state index is 0. The molecule has 0 amide bonds. The Labute approximate surface area is 128 Å². The fourth-order valence-electron chi connectivity index (χ4n) is 2.52. The van der Waals surface area contributed by atoms with Gasteiger partial charge in [0.05, 0.1) is 0 Å². The van der Waals surface area contributed by atoms with Crippen molar-refractivity contribution in [1.82, 2.24) is 4.90 Å². The molecule has 2 N–H and O–H groups in total. The molecule has 1 saturated heterocycles. The van der Waals surface area contributed by atoms with E-state index in [2.05, 4.69) is 16.6 Å². The van der Waals surface area contributed by atoms with Gasteiger partial charge in [0.15, 0.2) is 11.6 Å². The Morgan fingerprint density at radius 3 is 2.67 bits per heavy atom. The lowest BCUT2D eigenvalue weighted by Crippen LogP contribution is -2.31. The van der Waals surface area contributed by atoms with Crippen molar-refractivity contribution >= 4 is 12.4 Å². The van der Waals surface area contributed by atoms with Crippen molar-refractivity contribution in [3.8, 4) is 5.75 Å². The Kier molecular flexibility index (Phi) is 6.31. The number of benzene rings is 1. The normalized spacial score (nSPS) is 22.4. The Morgan fingerprint density at radius 1 is 1.43 bits per heavy atom. The molecule has 1 aliphatic heterocycles. The summed E-state index contributed by atoms with van der Waals surface area (Å²) in [4.78, 5) is 2.19. The molecule has 0 radical (unpaired) electrons. The smallest absolute Gasteiger partial charge is 0.387 e. The van der Waals surface area contributed by atoms with Crippen LogP contribution in [0.3, 0.4) is 0 Å². The second-order valence-electron chi connectivity index (χ2n) is 5.62. The van der Waals surface area contributed by atoms with E-state index in [1.54, 1.807) is 6.07 Å². The third-order valence-electron chi connectivity index (χ3n) is 3.75. The van der Waals surface area contributed by atoms with Crippen molar-refractivity contribution in [2.45, 2.75) is 26.5 Å². The lowest BCUT2D eigenvalue weighted by atomic mass is 9.90. The van der Waals surface area contributed by atoms with E-state index in [1.807, 2.05) is 0 Å². The van der Waals surface area contributed by atoms with Gasteiger partial charge < -0.3 is 10.5 Å². The van der Waals surface area contributed by atoms with E-state index in [4.69, 9.17) is 5.73 Å². The molecule has 0 bridgehead atoms. The first-order valence-electron chi connectivity index (χ1n) is 6.57. The number of hydrogen-bond acceptors (Lipinski definition) is 3. The van der Waals surface area contributed by atoms with Gasteiger partial charge in [-0.05, 0) is 42.6 Å². The van der Waals surface area contributed by atoms with E-state index in [0.717, 1.165) is 25.1 Å². The fourth-order valence-corrected chi connectivity index (χ4v) is 2.52. The lowest BCUT2D eigenvalue weighted by Gasteiger charge is -2.22. The second-order valence-corrected chi connectivity index (χ2v) is 5.62.